The van der Waals surface area contributed by atoms with Crippen LogP contribution in [-0.2, 0) is 4.79 Å². The first-order chi connectivity index (χ1) is 7.22. The Kier molecular flexibility index (Phi) is 2.57. The lowest BCUT2D eigenvalue weighted by Crippen LogP contribution is -2.25. The Morgan fingerprint density at radius 1 is 1.53 bits per heavy atom. The van der Waals surface area contributed by atoms with E-state index in [-0.39, 0.29) is 17.0 Å². The van der Waals surface area contributed by atoms with Gasteiger partial charge in [-0.15, -0.1) is 12.3 Å². The van der Waals surface area contributed by atoms with Gasteiger partial charge in [-0.25, -0.2) is 9.97 Å². The molecule has 1 saturated heterocycles. The second-order valence-corrected chi connectivity index (χ2v) is 3.60. The summed E-state index contributed by atoms with van der Waals surface area (Å²) in [7, 11) is 0. The molecule has 4 nitrogen and oxygen atoms in total. The van der Waals surface area contributed by atoms with Crippen LogP contribution in [0.15, 0.2) is 12.4 Å². The highest BCUT2D eigenvalue weighted by Crippen LogP contribution is 2.26. The van der Waals surface area contributed by atoms with Crippen molar-refractivity contribution in [3.8, 4) is 12.3 Å². The molecule has 1 aliphatic heterocycles. The van der Waals surface area contributed by atoms with E-state index in [1.165, 1.54) is 17.3 Å². The molecule has 0 N–H and O–H groups in total. The summed E-state index contributed by atoms with van der Waals surface area (Å²) in [6.07, 6.45) is 8.60. The number of anilines is 1. The van der Waals surface area contributed by atoms with E-state index in [4.69, 9.17) is 18.0 Å². The van der Waals surface area contributed by atoms with Crippen molar-refractivity contribution in [1.29, 1.82) is 0 Å². The number of terminal acetylenes is 1. The zero-order valence-corrected chi connectivity index (χ0v) is 8.61. The number of halogens is 1. The first-order valence-electron chi connectivity index (χ1n) is 4.45. The Morgan fingerprint density at radius 3 is 2.87 bits per heavy atom. The molecule has 1 aromatic rings. The molecule has 0 spiro atoms. The van der Waals surface area contributed by atoms with Crippen molar-refractivity contribution < 1.29 is 4.79 Å². The van der Waals surface area contributed by atoms with Crippen LogP contribution in [-0.4, -0.2) is 22.4 Å². The summed E-state index contributed by atoms with van der Waals surface area (Å²) in [4.78, 5) is 21.0. The van der Waals surface area contributed by atoms with E-state index in [2.05, 4.69) is 15.9 Å². The van der Waals surface area contributed by atoms with E-state index in [0.717, 1.165) is 0 Å². The summed E-state index contributed by atoms with van der Waals surface area (Å²) in [5.74, 6) is 2.84. The summed E-state index contributed by atoms with van der Waals surface area (Å²) < 4.78 is 0. The third-order valence-corrected chi connectivity index (χ3v) is 2.52. The minimum Gasteiger partial charge on any atom is -0.293 e. The normalized spacial score (nSPS) is 20.4. The zero-order chi connectivity index (χ0) is 10.8. The Morgan fingerprint density at radius 2 is 2.27 bits per heavy atom. The van der Waals surface area contributed by atoms with Gasteiger partial charge in [0.15, 0.2) is 11.0 Å². The molecule has 15 heavy (non-hydrogen) atoms. The molecule has 1 amide bonds. The molecule has 0 bridgehead atoms. The van der Waals surface area contributed by atoms with Crippen LogP contribution >= 0.6 is 11.6 Å². The molecule has 1 aliphatic rings. The van der Waals surface area contributed by atoms with Crippen LogP contribution in [0.5, 0.6) is 0 Å². The predicted octanol–water partition coefficient (Wildman–Crippen LogP) is 1.12. The predicted molar refractivity (Wildman–Crippen MR) is 56.3 cm³/mol. The summed E-state index contributed by atoms with van der Waals surface area (Å²) in [6, 6.07) is 0. The molecule has 1 unspecified atom stereocenters. The molecule has 0 aliphatic carbocycles. The number of nitrogens with zero attached hydrogens (tertiary/aromatic N) is 3. The van der Waals surface area contributed by atoms with Crippen LogP contribution in [0.1, 0.15) is 6.42 Å². The fourth-order valence-electron chi connectivity index (χ4n) is 1.52. The molecule has 1 aromatic heterocycles. The van der Waals surface area contributed by atoms with Crippen LogP contribution in [0.25, 0.3) is 0 Å². The molecular weight excluding hydrogens is 214 g/mol. The third-order valence-electron chi connectivity index (χ3n) is 2.25. The van der Waals surface area contributed by atoms with Gasteiger partial charge in [-0.05, 0) is 0 Å². The largest absolute Gasteiger partial charge is 0.293 e. The molecule has 0 aromatic carbocycles. The van der Waals surface area contributed by atoms with Gasteiger partial charge in [-0.3, -0.25) is 9.69 Å². The zero-order valence-electron chi connectivity index (χ0n) is 7.85. The lowest BCUT2D eigenvalue weighted by atomic mass is 10.1. The highest BCUT2D eigenvalue weighted by molar-refractivity contribution is 6.32. The Labute approximate surface area is 92.3 Å². The van der Waals surface area contributed by atoms with Crippen LogP contribution in [0.3, 0.4) is 0 Å². The third kappa shape index (κ3) is 1.79. The molecule has 1 atom stereocenters. The maximum Gasteiger partial charge on any atom is 0.229 e. The van der Waals surface area contributed by atoms with Gasteiger partial charge in [0, 0.05) is 31.3 Å². The van der Waals surface area contributed by atoms with Gasteiger partial charge in [0.1, 0.15) is 0 Å². The maximum absolute atomic E-state index is 11.6. The van der Waals surface area contributed by atoms with Crippen LogP contribution in [0.2, 0.25) is 5.15 Å². The molecule has 0 radical (unpaired) electrons. The monoisotopic (exact) mass is 221 g/mol. The number of aromatic nitrogens is 2. The van der Waals surface area contributed by atoms with Crippen molar-refractivity contribution in [2.75, 3.05) is 11.4 Å². The Balaban J connectivity index is 2.30. The van der Waals surface area contributed by atoms with E-state index in [1.54, 1.807) is 0 Å². The molecule has 76 valence electrons. The van der Waals surface area contributed by atoms with Crippen molar-refractivity contribution >= 4 is 23.3 Å². The van der Waals surface area contributed by atoms with E-state index >= 15 is 0 Å². The van der Waals surface area contributed by atoms with Crippen molar-refractivity contribution in [2.45, 2.75) is 6.42 Å². The number of carbonyl (C=O) groups excluding carboxylic acids is 1. The van der Waals surface area contributed by atoms with Crippen molar-refractivity contribution in [2.24, 2.45) is 5.92 Å². The highest BCUT2D eigenvalue weighted by atomic mass is 35.5. The summed E-state index contributed by atoms with van der Waals surface area (Å²) in [5, 5.41) is 0.225. The van der Waals surface area contributed by atoms with Crippen molar-refractivity contribution in [3.05, 3.63) is 17.5 Å². The van der Waals surface area contributed by atoms with Gasteiger partial charge in [0.2, 0.25) is 5.91 Å². The Hall–Kier alpha value is -1.60. The minimum atomic E-state index is -0.0597. The minimum absolute atomic E-state index is 0.0552. The lowest BCUT2D eigenvalue weighted by molar-refractivity contribution is -0.117. The topological polar surface area (TPSA) is 46.1 Å². The number of amides is 1. The smallest absolute Gasteiger partial charge is 0.229 e. The summed E-state index contributed by atoms with van der Waals surface area (Å²) in [6.45, 7) is 0.466. The van der Waals surface area contributed by atoms with E-state index < -0.39 is 0 Å². The van der Waals surface area contributed by atoms with Gasteiger partial charge in [0.25, 0.3) is 0 Å². The summed E-state index contributed by atoms with van der Waals surface area (Å²) in [5.41, 5.74) is 0. The van der Waals surface area contributed by atoms with Gasteiger partial charge >= 0.3 is 0 Å². The van der Waals surface area contributed by atoms with Crippen molar-refractivity contribution in [1.82, 2.24) is 9.97 Å². The average molecular weight is 222 g/mol. The van der Waals surface area contributed by atoms with E-state index in [9.17, 15) is 4.79 Å². The SMILES string of the molecule is C#CC1CC(=O)N(c2nccnc2Cl)C1. The molecule has 2 rings (SSSR count). The average Bonchev–Trinajstić information content (AvgIpc) is 2.60. The first kappa shape index (κ1) is 9.94. The standard InChI is InChI=1S/C10H8ClN3O/c1-2-7-5-8(15)14(6-7)10-9(11)12-3-4-13-10/h1,3-4,7H,5-6H2. The second kappa shape index (κ2) is 3.87. The molecular formula is C10H8ClN3O. The van der Waals surface area contributed by atoms with Crippen LogP contribution < -0.4 is 4.90 Å². The highest BCUT2D eigenvalue weighted by Gasteiger charge is 2.31. The molecule has 1 fully saturated rings. The quantitative estimate of drug-likeness (QED) is 0.668. The number of hydrogen-bond donors (Lipinski definition) is 0. The van der Waals surface area contributed by atoms with Gasteiger partial charge in [0.05, 0.1) is 0 Å². The van der Waals surface area contributed by atoms with Gasteiger partial charge in [-0.2, -0.15) is 0 Å². The van der Waals surface area contributed by atoms with Crippen LogP contribution in [0, 0.1) is 18.3 Å². The second-order valence-electron chi connectivity index (χ2n) is 3.24. The van der Waals surface area contributed by atoms with Crippen molar-refractivity contribution in [3.63, 3.8) is 0 Å². The van der Waals surface area contributed by atoms with Gasteiger partial charge < -0.3 is 0 Å². The number of hydrogen-bond acceptors (Lipinski definition) is 3. The first-order valence-corrected chi connectivity index (χ1v) is 4.83. The summed E-state index contributed by atoms with van der Waals surface area (Å²) >= 11 is 5.84. The van der Waals surface area contributed by atoms with E-state index in [0.29, 0.717) is 18.8 Å². The van der Waals surface area contributed by atoms with Crippen LogP contribution in [0.4, 0.5) is 5.82 Å². The Bertz CT molecular complexity index is 441. The molecule has 5 heteroatoms. The van der Waals surface area contributed by atoms with Gasteiger partial charge in [-0.1, -0.05) is 11.6 Å². The molecule has 0 saturated carbocycles. The fraction of sp³-hybridized carbons (Fsp3) is 0.300. The maximum atomic E-state index is 11.6. The number of rotatable bonds is 1. The van der Waals surface area contributed by atoms with E-state index in [1.807, 2.05) is 0 Å². The molecule has 2 heterocycles. The fourth-order valence-corrected chi connectivity index (χ4v) is 1.73. The lowest BCUT2D eigenvalue weighted by Gasteiger charge is -2.14. The number of carbonyl (C=O) groups is 1.